The Labute approximate surface area is 134 Å². The fraction of sp³-hybridized carbons (Fsp3) is 0.438. The van der Waals surface area contributed by atoms with Gasteiger partial charge in [0, 0.05) is 25.6 Å². The highest BCUT2D eigenvalue weighted by molar-refractivity contribution is 5.80. The number of aryl methyl sites for hydroxylation is 1. The van der Waals surface area contributed by atoms with Crippen molar-refractivity contribution in [3.63, 3.8) is 0 Å². The molecule has 3 rings (SSSR count). The van der Waals surface area contributed by atoms with Crippen LogP contribution in [0.1, 0.15) is 30.7 Å². The van der Waals surface area contributed by atoms with Crippen molar-refractivity contribution in [1.82, 2.24) is 25.4 Å². The van der Waals surface area contributed by atoms with E-state index in [9.17, 15) is 4.39 Å². The smallest absolute Gasteiger partial charge is 0.191 e. The third kappa shape index (κ3) is 3.67. The fourth-order valence-corrected chi connectivity index (χ4v) is 2.58. The van der Waals surface area contributed by atoms with Gasteiger partial charge in [-0.1, -0.05) is 18.2 Å². The Bertz CT molecular complexity index is 695. The van der Waals surface area contributed by atoms with Crippen LogP contribution in [-0.2, 0) is 13.6 Å². The van der Waals surface area contributed by atoms with Crippen LogP contribution in [0, 0.1) is 5.82 Å². The van der Waals surface area contributed by atoms with Gasteiger partial charge in [0.1, 0.15) is 24.5 Å². The molecule has 1 aliphatic rings. The number of benzene rings is 1. The molecule has 1 aliphatic carbocycles. The van der Waals surface area contributed by atoms with E-state index in [1.165, 1.54) is 12.4 Å². The molecule has 2 unspecified atom stereocenters. The van der Waals surface area contributed by atoms with E-state index in [1.54, 1.807) is 10.7 Å². The number of hydrogen-bond acceptors (Lipinski definition) is 3. The Morgan fingerprint density at radius 2 is 2.26 bits per heavy atom. The average Bonchev–Trinajstić information content (AvgIpc) is 3.17. The van der Waals surface area contributed by atoms with Gasteiger partial charge in [-0.05, 0) is 25.0 Å². The summed E-state index contributed by atoms with van der Waals surface area (Å²) in [6.45, 7) is 3.23. The fourth-order valence-electron chi connectivity index (χ4n) is 2.58. The van der Waals surface area contributed by atoms with E-state index in [0.717, 1.165) is 30.3 Å². The third-order valence-corrected chi connectivity index (χ3v) is 3.95. The van der Waals surface area contributed by atoms with E-state index in [-0.39, 0.29) is 17.8 Å². The largest absolute Gasteiger partial charge is 0.357 e. The van der Waals surface area contributed by atoms with E-state index in [2.05, 4.69) is 25.7 Å². The van der Waals surface area contributed by atoms with Gasteiger partial charge in [0.2, 0.25) is 0 Å². The monoisotopic (exact) mass is 316 g/mol. The summed E-state index contributed by atoms with van der Waals surface area (Å²) >= 11 is 0. The molecular weight excluding hydrogens is 295 g/mol. The quantitative estimate of drug-likeness (QED) is 0.649. The Morgan fingerprint density at radius 3 is 2.96 bits per heavy atom. The van der Waals surface area contributed by atoms with Crippen molar-refractivity contribution < 1.29 is 4.39 Å². The molecule has 7 heteroatoms. The highest BCUT2D eigenvalue weighted by Crippen LogP contribution is 2.41. The molecule has 0 spiro atoms. The lowest BCUT2D eigenvalue weighted by molar-refractivity contribution is 0.607. The molecule has 0 bridgehead atoms. The van der Waals surface area contributed by atoms with Gasteiger partial charge in [-0.15, -0.1) is 0 Å². The van der Waals surface area contributed by atoms with Crippen molar-refractivity contribution in [2.45, 2.75) is 31.8 Å². The maximum Gasteiger partial charge on any atom is 0.191 e. The van der Waals surface area contributed by atoms with E-state index in [4.69, 9.17) is 0 Å². The zero-order chi connectivity index (χ0) is 16.2. The van der Waals surface area contributed by atoms with Gasteiger partial charge in [-0.2, -0.15) is 5.10 Å². The first kappa shape index (κ1) is 15.5. The number of aliphatic imine (C=N–C) groups is 1. The lowest BCUT2D eigenvalue weighted by Gasteiger charge is -2.11. The molecule has 0 saturated heterocycles. The molecule has 1 heterocycles. The predicted molar refractivity (Wildman–Crippen MR) is 86.5 cm³/mol. The van der Waals surface area contributed by atoms with Crippen LogP contribution in [0.3, 0.4) is 0 Å². The van der Waals surface area contributed by atoms with Crippen LogP contribution in [0.5, 0.6) is 0 Å². The molecule has 122 valence electrons. The van der Waals surface area contributed by atoms with Gasteiger partial charge >= 0.3 is 0 Å². The molecule has 0 aliphatic heterocycles. The molecule has 2 N–H and O–H groups in total. The van der Waals surface area contributed by atoms with Crippen LogP contribution >= 0.6 is 0 Å². The lowest BCUT2D eigenvalue weighted by atomic mass is 10.1. The predicted octanol–water partition coefficient (Wildman–Crippen LogP) is 1.57. The Kier molecular flexibility index (Phi) is 4.55. The highest BCUT2D eigenvalue weighted by atomic mass is 19.1. The van der Waals surface area contributed by atoms with Crippen molar-refractivity contribution in [2.75, 3.05) is 6.54 Å². The van der Waals surface area contributed by atoms with Crippen molar-refractivity contribution in [3.05, 3.63) is 47.8 Å². The zero-order valence-electron chi connectivity index (χ0n) is 13.3. The summed E-state index contributed by atoms with van der Waals surface area (Å²) in [4.78, 5) is 8.68. The molecule has 1 saturated carbocycles. The first-order valence-electron chi connectivity index (χ1n) is 7.81. The molecule has 0 radical (unpaired) electrons. The average molecular weight is 316 g/mol. The van der Waals surface area contributed by atoms with Gasteiger partial charge in [-0.25, -0.2) is 14.4 Å². The lowest BCUT2D eigenvalue weighted by Crippen LogP contribution is -2.39. The molecule has 1 fully saturated rings. The first-order valence-corrected chi connectivity index (χ1v) is 7.81. The minimum atomic E-state index is -0.136. The van der Waals surface area contributed by atoms with Crippen molar-refractivity contribution in [3.8, 4) is 0 Å². The molecule has 6 nitrogen and oxygen atoms in total. The Morgan fingerprint density at radius 1 is 1.43 bits per heavy atom. The van der Waals surface area contributed by atoms with Crippen LogP contribution < -0.4 is 10.6 Å². The van der Waals surface area contributed by atoms with Crippen LogP contribution in [0.2, 0.25) is 0 Å². The van der Waals surface area contributed by atoms with E-state index < -0.39 is 0 Å². The molecule has 1 aromatic heterocycles. The van der Waals surface area contributed by atoms with Gasteiger partial charge in [0.25, 0.3) is 0 Å². The van der Waals surface area contributed by atoms with E-state index >= 15 is 0 Å². The second-order valence-electron chi connectivity index (χ2n) is 5.61. The molecule has 2 aromatic rings. The highest BCUT2D eigenvalue weighted by Gasteiger charge is 2.40. The summed E-state index contributed by atoms with van der Waals surface area (Å²) in [7, 11) is 1.84. The first-order chi connectivity index (χ1) is 11.2. The minimum absolute atomic E-state index is 0.136. The number of halogens is 1. The number of nitrogens with zero attached hydrogens (tertiary/aromatic N) is 4. The Balaban J connectivity index is 1.62. The second kappa shape index (κ2) is 6.76. The molecule has 2 atom stereocenters. The number of nitrogens with one attached hydrogen (secondary N) is 2. The Hall–Kier alpha value is -2.44. The van der Waals surface area contributed by atoms with Gasteiger partial charge in [0.05, 0.1) is 0 Å². The summed E-state index contributed by atoms with van der Waals surface area (Å²) in [5.74, 6) is 1.58. The SMILES string of the molecule is CCNC(=NCc1ncnn1C)NC1CC1c1ccccc1F. The van der Waals surface area contributed by atoms with Crippen molar-refractivity contribution in [1.29, 1.82) is 0 Å². The summed E-state index contributed by atoms with van der Waals surface area (Å²) in [6, 6.07) is 7.17. The summed E-state index contributed by atoms with van der Waals surface area (Å²) in [6.07, 6.45) is 2.43. The third-order valence-electron chi connectivity index (χ3n) is 3.95. The van der Waals surface area contributed by atoms with Crippen molar-refractivity contribution in [2.24, 2.45) is 12.0 Å². The van der Waals surface area contributed by atoms with Crippen LogP contribution in [0.15, 0.2) is 35.6 Å². The van der Waals surface area contributed by atoms with Gasteiger partial charge in [-0.3, -0.25) is 4.68 Å². The molecule has 1 aromatic carbocycles. The standard InChI is InChI=1S/C16H21FN6/c1-3-18-16(19-9-15-20-10-21-23(15)2)22-14-8-12(14)11-6-4-5-7-13(11)17/h4-7,10,12,14H,3,8-9H2,1-2H3,(H2,18,19,22). The van der Waals surface area contributed by atoms with Gasteiger partial charge in [0.15, 0.2) is 5.96 Å². The molecular formula is C16H21FN6. The van der Waals surface area contributed by atoms with E-state index in [1.807, 2.05) is 26.1 Å². The minimum Gasteiger partial charge on any atom is -0.357 e. The summed E-state index contributed by atoms with van der Waals surface area (Å²) < 4.78 is 15.5. The second-order valence-corrected chi connectivity index (χ2v) is 5.61. The number of guanidine groups is 1. The van der Waals surface area contributed by atoms with Gasteiger partial charge < -0.3 is 10.6 Å². The number of rotatable bonds is 5. The van der Waals surface area contributed by atoms with Crippen LogP contribution in [-0.4, -0.2) is 33.3 Å². The number of aromatic nitrogens is 3. The topological polar surface area (TPSA) is 67.1 Å². The van der Waals surface area contributed by atoms with E-state index in [0.29, 0.717) is 6.54 Å². The normalized spacial score (nSPS) is 20.4. The number of hydrogen-bond donors (Lipinski definition) is 2. The molecule has 23 heavy (non-hydrogen) atoms. The maximum absolute atomic E-state index is 13.8. The summed E-state index contributed by atoms with van der Waals surface area (Å²) in [5, 5.41) is 10.6. The summed E-state index contributed by atoms with van der Waals surface area (Å²) in [5.41, 5.74) is 0.772. The van der Waals surface area contributed by atoms with Crippen molar-refractivity contribution >= 4 is 5.96 Å². The molecule has 0 amide bonds. The maximum atomic E-state index is 13.8. The van der Waals surface area contributed by atoms with Crippen LogP contribution in [0.4, 0.5) is 4.39 Å². The van der Waals surface area contributed by atoms with Crippen LogP contribution in [0.25, 0.3) is 0 Å². The zero-order valence-corrected chi connectivity index (χ0v) is 13.3.